The molecule has 0 radical (unpaired) electrons. The van der Waals surface area contributed by atoms with E-state index < -0.39 is 6.43 Å². The predicted octanol–water partition coefficient (Wildman–Crippen LogP) is 5.97. The van der Waals surface area contributed by atoms with E-state index in [9.17, 15) is 8.78 Å². The number of likely N-dealkylation sites (tertiary alicyclic amines) is 1. The molecule has 2 heterocycles. The van der Waals surface area contributed by atoms with Crippen molar-refractivity contribution in [1.82, 2.24) is 9.31 Å². The molecule has 0 N–H and O–H groups in total. The van der Waals surface area contributed by atoms with Crippen LogP contribution in [0.3, 0.4) is 0 Å². The lowest BCUT2D eigenvalue weighted by molar-refractivity contribution is 0.224. The summed E-state index contributed by atoms with van der Waals surface area (Å²) in [4.78, 5) is 2.36. The van der Waals surface area contributed by atoms with Gasteiger partial charge in [-0.3, -0.25) is 5.01 Å². The zero-order chi connectivity index (χ0) is 24.9. The molecule has 2 aromatic carbocycles. The van der Waals surface area contributed by atoms with Crippen LogP contribution in [0.4, 0.5) is 18.9 Å². The lowest BCUT2D eigenvalue weighted by Gasteiger charge is -2.35. The standard InChI is InChI=1S/C26H32F3N5S/c1-4-34(35-3)33(22-7-5-6-19(14-22)18-10-12-32(2)13-11-18)17-21-9-8-20(15-23(21)27)24-16-25(26(28)29)31-30-24/h5-9,14-15,18,26H,4,10-13,16-17H2,1-3H3. The topological polar surface area (TPSA) is 34.4 Å². The number of rotatable bonds is 9. The average molecular weight is 504 g/mol. The maximum atomic E-state index is 15.2. The van der Waals surface area contributed by atoms with E-state index in [-0.39, 0.29) is 17.9 Å². The summed E-state index contributed by atoms with van der Waals surface area (Å²) >= 11 is 1.59. The molecule has 9 heteroatoms. The van der Waals surface area contributed by atoms with Crippen LogP contribution in [-0.2, 0) is 6.54 Å². The molecule has 0 aromatic heterocycles. The average Bonchev–Trinajstić information content (AvgIpc) is 3.36. The third kappa shape index (κ3) is 6.08. The van der Waals surface area contributed by atoms with Gasteiger partial charge in [0.15, 0.2) is 0 Å². The van der Waals surface area contributed by atoms with Crippen molar-refractivity contribution >= 4 is 29.1 Å². The van der Waals surface area contributed by atoms with Crippen LogP contribution in [0, 0.1) is 5.82 Å². The third-order valence-corrected chi connectivity index (χ3v) is 7.59. The molecule has 5 nitrogen and oxygen atoms in total. The number of hydrogen-bond donors (Lipinski definition) is 0. The normalized spacial score (nSPS) is 17.3. The Morgan fingerprint density at radius 1 is 1.11 bits per heavy atom. The number of anilines is 1. The highest BCUT2D eigenvalue weighted by atomic mass is 32.2. The zero-order valence-electron chi connectivity index (χ0n) is 20.4. The number of piperidine rings is 1. The summed E-state index contributed by atoms with van der Waals surface area (Å²) in [5.41, 5.74) is 3.45. The molecule has 0 bridgehead atoms. The van der Waals surface area contributed by atoms with Crippen molar-refractivity contribution in [3.8, 4) is 0 Å². The Kier molecular flexibility index (Phi) is 8.51. The smallest absolute Gasteiger partial charge is 0.278 e. The Balaban J connectivity index is 1.55. The van der Waals surface area contributed by atoms with Gasteiger partial charge in [0.25, 0.3) is 6.43 Å². The minimum atomic E-state index is -2.65. The highest BCUT2D eigenvalue weighted by molar-refractivity contribution is 7.96. The number of hydrazine groups is 1. The van der Waals surface area contributed by atoms with Crippen LogP contribution < -0.4 is 5.01 Å². The Hall–Kier alpha value is -2.36. The minimum absolute atomic E-state index is 0.0532. The Morgan fingerprint density at radius 3 is 2.51 bits per heavy atom. The van der Waals surface area contributed by atoms with E-state index >= 15 is 4.39 Å². The SMILES string of the molecule is CCN(SC)N(Cc1ccc(C2=NN=C(C(F)F)C2)cc1F)c1cccc(C2CCN(C)CC2)c1. The van der Waals surface area contributed by atoms with Crippen molar-refractivity contribution in [2.75, 3.05) is 37.9 Å². The van der Waals surface area contributed by atoms with Gasteiger partial charge in [0.2, 0.25) is 0 Å². The van der Waals surface area contributed by atoms with Crippen molar-refractivity contribution in [3.63, 3.8) is 0 Å². The molecule has 1 saturated heterocycles. The molecule has 0 atom stereocenters. The molecule has 4 rings (SSSR count). The molecule has 0 unspecified atom stereocenters. The van der Waals surface area contributed by atoms with E-state index in [2.05, 4.69) is 62.8 Å². The minimum Gasteiger partial charge on any atom is -0.306 e. The van der Waals surface area contributed by atoms with Gasteiger partial charge in [0.1, 0.15) is 11.5 Å². The second-order valence-electron chi connectivity index (χ2n) is 9.00. The second kappa shape index (κ2) is 11.6. The van der Waals surface area contributed by atoms with Gasteiger partial charge in [-0.25, -0.2) is 13.2 Å². The quantitative estimate of drug-likeness (QED) is 0.312. The molecule has 0 saturated carbocycles. The van der Waals surface area contributed by atoms with Gasteiger partial charge in [0, 0.05) is 24.1 Å². The fourth-order valence-electron chi connectivity index (χ4n) is 4.64. The van der Waals surface area contributed by atoms with E-state index in [1.54, 1.807) is 24.1 Å². The molecule has 1 fully saturated rings. The summed E-state index contributed by atoms with van der Waals surface area (Å²) in [5.74, 6) is 0.144. The van der Waals surface area contributed by atoms with Gasteiger partial charge in [-0.2, -0.15) is 14.6 Å². The lowest BCUT2D eigenvalue weighted by atomic mass is 9.89. The van der Waals surface area contributed by atoms with Gasteiger partial charge in [-0.05, 0) is 75.8 Å². The highest BCUT2D eigenvalue weighted by Gasteiger charge is 2.24. The van der Waals surface area contributed by atoms with Crippen LogP contribution in [0.25, 0.3) is 0 Å². The molecular weight excluding hydrogens is 471 g/mol. The Labute approximate surface area is 209 Å². The summed E-state index contributed by atoms with van der Waals surface area (Å²) in [6, 6.07) is 13.4. The van der Waals surface area contributed by atoms with Crippen LogP contribution in [0.1, 0.15) is 48.8 Å². The number of halogens is 3. The van der Waals surface area contributed by atoms with Gasteiger partial charge < -0.3 is 4.90 Å². The first-order chi connectivity index (χ1) is 16.9. The molecule has 0 amide bonds. The Morgan fingerprint density at radius 2 is 1.89 bits per heavy atom. The summed E-state index contributed by atoms with van der Waals surface area (Å²) in [7, 11) is 2.16. The molecule has 2 aliphatic heterocycles. The van der Waals surface area contributed by atoms with Gasteiger partial charge in [-0.1, -0.05) is 36.2 Å². The van der Waals surface area contributed by atoms with E-state index in [4.69, 9.17) is 0 Å². The van der Waals surface area contributed by atoms with Crippen LogP contribution in [-0.4, -0.2) is 60.1 Å². The second-order valence-corrected chi connectivity index (χ2v) is 9.79. The van der Waals surface area contributed by atoms with E-state index in [0.29, 0.717) is 29.3 Å². The van der Waals surface area contributed by atoms with Crippen molar-refractivity contribution in [2.45, 2.75) is 45.1 Å². The van der Waals surface area contributed by atoms with Crippen LogP contribution in [0.2, 0.25) is 0 Å². The van der Waals surface area contributed by atoms with Gasteiger partial charge >= 0.3 is 0 Å². The molecular formula is C26H32F3N5S. The molecule has 0 spiro atoms. The van der Waals surface area contributed by atoms with Crippen LogP contribution >= 0.6 is 11.9 Å². The largest absolute Gasteiger partial charge is 0.306 e. The molecule has 2 aliphatic rings. The molecule has 2 aromatic rings. The van der Waals surface area contributed by atoms with Gasteiger partial charge in [0.05, 0.1) is 17.9 Å². The number of benzene rings is 2. The number of alkyl halides is 2. The van der Waals surface area contributed by atoms with E-state index in [1.165, 1.54) is 11.6 Å². The maximum absolute atomic E-state index is 15.2. The summed E-state index contributed by atoms with van der Waals surface area (Å²) in [6.07, 6.45) is 1.58. The molecule has 188 valence electrons. The molecule has 0 aliphatic carbocycles. The summed E-state index contributed by atoms with van der Waals surface area (Å²) in [5, 5.41) is 9.48. The third-order valence-electron chi connectivity index (χ3n) is 6.71. The first kappa shape index (κ1) is 25.7. The van der Waals surface area contributed by atoms with Crippen molar-refractivity contribution in [1.29, 1.82) is 0 Å². The van der Waals surface area contributed by atoms with Crippen molar-refractivity contribution in [2.24, 2.45) is 10.2 Å². The van der Waals surface area contributed by atoms with E-state index in [1.807, 2.05) is 6.26 Å². The fraction of sp³-hybridized carbons (Fsp3) is 0.462. The molecule has 35 heavy (non-hydrogen) atoms. The van der Waals surface area contributed by atoms with Crippen LogP contribution in [0.5, 0.6) is 0 Å². The highest BCUT2D eigenvalue weighted by Crippen LogP contribution is 2.32. The fourth-order valence-corrected chi connectivity index (χ4v) is 5.25. The maximum Gasteiger partial charge on any atom is 0.278 e. The number of nitrogens with zero attached hydrogens (tertiary/aromatic N) is 5. The van der Waals surface area contributed by atoms with E-state index in [0.717, 1.165) is 38.2 Å². The first-order valence-corrected chi connectivity index (χ1v) is 13.2. The first-order valence-electron chi connectivity index (χ1n) is 12.0. The Bertz CT molecular complexity index is 1080. The lowest BCUT2D eigenvalue weighted by Crippen LogP contribution is -2.37. The van der Waals surface area contributed by atoms with Gasteiger partial charge in [-0.15, -0.1) is 0 Å². The monoisotopic (exact) mass is 503 g/mol. The number of hydrogen-bond acceptors (Lipinski definition) is 6. The van der Waals surface area contributed by atoms with Crippen molar-refractivity contribution in [3.05, 3.63) is 65.0 Å². The van der Waals surface area contributed by atoms with Crippen LogP contribution in [0.15, 0.2) is 52.7 Å². The summed E-state index contributed by atoms with van der Waals surface area (Å²) < 4.78 is 43.1. The predicted molar refractivity (Wildman–Crippen MR) is 139 cm³/mol. The van der Waals surface area contributed by atoms with Crippen molar-refractivity contribution < 1.29 is 13.2 Å². The zero-order valence-corrected chi connectivity index (χ0v) is 21.2. The summed E-state index contributed by atoms with van der Waals surface area (Å²) in [6.45, 7) is 5.36.